The van der Waals surface area contributed by atoms with Gasteiger partial charge in [0.2, 0.25) is 0 Å². The molecule has 0 bridgehead atoms. The van der Waals surface area contributed by atoms with Crippen molar-refractivity contribution < 1.29 is 14.6 Å². The number of aliphatic hydroxyl groups is 1. The van der Waals surface area contributed by atoms with Crippen molar-refractivity contribution in [2.75, 3.05) is 26.4 Å². The van der Waals surface area contributed by atoms with Gasteiger partial charge in [-0.15, -0.1) is 0 Å². The molecule has 2 aliphatic heterocycles. The molecule has 2 N–H and O–H groups in total. The number of hydrogen-bond donors (Lipinski definition) is 2. The van der Waals surface area contributed by atoms with Crippen LogP contribution in [0.15, 0.2) is 0 Å². The van der Waals surface area contributed by atoms with Crippen LogP contribution in [0.4, 0.5) is 0 Å². The first-order valence-corrected chi connectivity index (χ1v) is 9.16. The minimum absolute atomic E-state index is 0.212. The number of aliphatic hydroxyl groups excluding tert-OH is 1. The maximum Gasteiger partial charge on any atom is 0.153 e. The predicted octanol–water partition coefficient (Wildman–Crippen LogP) is 0.862. The highest BCUT2D eigenvalue weighted by molar-refractivity contribution is 5.01. The summed E-state index contributed by atoms with van der Waals surface area (Å²) in [5.41, 5.74) is 0. The van der Waals surface area contributed by atoms with Gasteiger partial charge >= 0.3 is 0 Å². The fraction of sp³-hybridized carbons (Fsp3) is 0.882. The van der Waals surface area contributed by atoms with E-state index in [0.717, 1.165) is 50.5 Å². The van der Waals surface area contributed by atoms with Gasteiger partial charge in [0.25, 0.3) is 0 Å². The molecular weight excluding hydrogens is 308 g/mol. The summed E-state index contributed by atoms with van der Waals surface area (Å²) in [7, 11) is 0. The van der Waals surface area contributed by atoms with E-state index < -0.39 is 6.10 Å². The zero-order chi connectivity index (χ0) is 16.9. The van der Waals surface area contributed by atoms with Crippen LogP contribution in [0.5, 0.6) is 0 Å². The Balaban J connectivity index is 1.35. The minimum Gasteiger partial charge on any atom is -0.389 e. The van der Waals surface area contributed by atoms with Crippen LogP contribution in [-0.2, 0) is 22.4 Å². The van der Waals surface area contributed by atoms with Crippen LogP contribution in [0.25, 0.3) is 0 Å². The fourth-order valence-electron chi connectivity index (χ4n) is 3.21. The summed E-state index contributed by atoms with van der Waals surface area (Å²) in [6.45, 7) is 7.36. The van der Waals surface area contributed by atoms with Gasteiger partial charge in [0.15, 0.2) is 5.82 Å². The molecule has 7 nitrogen and oxygen atoms in total. The molecule has 1 saturated heterocycles. The number of aryl methyl sites for hydroxylation is 1. The molecular formula is C17H30N4O3. The van der Waals surface area contributed by atoms with Crippen molar-refractivity contribution in [3.8, 4) is 0 Å². The fourth-order valence-corrected chi connectivity index (χ4v) is 3.21. The third-order valence-corrected chi connectivity index (χ3v) is 4.67. The van der Waals surface area contributed by atoms with Crippen molar-refractivity contribution in [3.05, 3.63) is 11.6 Å². The highest BCUT2D eigenvalue weighted by Gasteiger charge is 2.23. The second-order valence-corrected chi connectivity index (χ2v) is 7.19. The normalized spacial score (nSPS) is 25.2. The van der Waals surface area contributed by atoms with E-state index in [-0.39, 0.29) is 6.10 Å². The van der Waals surface area contributed by atoms with Crippen molar-refractivity contribution in [2.45, 2.75) is 70.2 Å². The Hall–Kier alpha value is -1.02. The highest BCUT2D eigenvalue weighted by atomic mass is 16.5. The van der Waals surface area contributed by atoms with Crippen molar-refractivity contribution >= 4 is 0 Å². The summed E-state index contributed by atoms with van der Waals surface area (Å²) in [6, 6.07) is 0.326. The smallest absolute Gasteiger partial charge is 0.153 e. The summed E-state index contributed by atoms with van der Waals surface area (Å²) in [4.78, 5) is 4.60. The first-order chi connectivity index (χ1) is 11.6. The maximum absolute atomic E-state index is 10.1. The quantitative estimate of drug-likeness (QED) is 0.732. The summed E-state index contributed by atoms with van der Waals surface area (Å²) in [5.74, 6) is 2.36. The van der Waals surface area contributed by atoms with Gasteiger partial charge < -0.3 is 19.9 Å². The third-order valence-electron chi connectivity index (χ3n) is 4.67. The SMILES string of the molecule is CC(C)c1nc2n(n1)C[C@H](NC[C@H](O)COC[C@@H]1CCCO1)CC2. The molecule has 2 aliphatic rings. The van der Waals surface area contributed by atoms with Gasteiger partial charge in [-0.2, -0.15) is 5.10 Å². The molecule has 3 rings (SSSR count). The van der Waals surface area contributed by atoms with Gasteiger partial charge in [-0.05, 0) is 19.3 Å². The standard InChI is InChI=1S/C17H30N4O3/c1-12(2)17-19-16-6-5-13(9-21(16)20-17)18-8-14(22)10-23-11-15-4-3-7-24-15/h12-15,18,22H,3-11H2,1-2H3/t13-,14+,15+/m1/s1. The van der Waals surface area contributed by atoms with Gasteiger partial charge in [0.1, 0.15) is 5.82 Å². The van der Waals surface area contributed by atoms with Crippen LogP contribution < -0.4 is 5.32 Å². The van der Waals surface area contributed by atoms with Crippen LogP contribution >= 0.6 is 0 Å². The molecule has 3 atom stereocenters. The molecule has 0 aromatic carbocycles. The molecule has 0 aliphatic carbocycles. The molecule has 0 saturated carbocycles. The van der Waals surface area contributed by atoms with Crippen LogP contribution in [-0.4, -0.2) is 64.5 Å². The van der Waals surface area contributed by atoms with E-state index in [0.29, 0.717) is 31.7 Å². The number of nitrogens with zero attached hydrogens (tertiary/aromatic N) is 3. The average Bonchev–Trinajstić information content (AvgIpc) is 3.21. The van der Waals surface area contributed by atoms with Crippen molar-refractivity contribution in [1.29, 1.82) is 0 Å². The Morgan fingerprint density at radius 1 is 1.42 bits per heavy atom. The summed E-state index contributed by atoms with van der Waals surface area (Å²) >= 11 is 0. The number of nitrogens with one attached hydrogen (secondary N) is 1. The molecule has 3 heterocycles. The van der Waals surface area contributed by atoms with Gasteiger partial charge in [-0.25, -0.2) is 9.67 Å². The van der Waals surface area contributed by atoms with E-state index in [1.54, 1.807) is 0 Å². The average molecular weight is 338 g/mol. The van der Waals surface area contributed by atoms with Gasteiger partial charge in [-0.1, -0.05) is 13.8 Å². The van der Waals surface area contributed by atoms with Crippen LogP contribution in [0.3, 0.4) is 0 Å². The van der Waals surface area contributed by atoms with Crippen LogP contribution in [0, 0.1) is 0 Å². The predicted molar refractivity (Wildman–Crippen MR) is 90.0 cm³/mol. The Bertz CT molecular complexity index is 514. The maximum atomic E-state index is 10.1. The first kappa shape index (κ1) is 17.8. The lowest BCUT2D eigenvalue weighted by atomic mass is 10.1. The number of fused-ring (bicyclic) bond motifs is 1. The largest absolute Gasteiger partial charge is 0.389 e. The van der Waals surface area contributed by atoms with Gasteiger partial charge in [-0.3, -0.25) is 0 Å². The summed E-state index contributed by atoms with van der Waals surface area (Å²) < 4.78 is 13.1. The first-order valence-electron chi connectivity index (χ1n) is 9.16. The molecule has 1 aromatic rings. The second-order valence-electron chi connectivity index (χ2n) is 7.19. The Kier molecular flexibility index (Phi) is 6.21. The van der Waals surface area contributed by atoms with Crippen molar-refractivity contribution in [1.82, 2.24) is 20.1 Å². The molecule has 136 valence electrons. The molecule has 7 heteroatoms. The zero-order valence-corrected chi connectivity index (χ0v) is 14.8. The number of aromatic nitrogens is 3. The van der Waals surface area contributed by atoms with Gasteiger partial charge in [0, 0.05) is 31.5 Å². The molecule has 24 heavy (non-hydrogen) atoms. The third kappa shape index (κ3) is 4.75. The second kappa shape index (κ2) is 8.38. The van der Waals surface area contributed by atoms with Crippen LogP contribution in [0.1, 0.15) is 50.7 Å². The number of rotatable bonds is 8. The lowest BCUT2D eigenvalue weighted by Gasteiger charge is -2.25. The molecule has 1 fully saturated rings. The van der Waals surface area contributed by atoms with E-state index in [2.05, 4.69) is 29.2 Å². The van der Waals surface area contributed by atoms with E-state index in [9.17, 15) is 5.11 Å². The van der Waals surface area contributed by atoms with E-state index in [1.165, 1.54) is 0 Å². The molecule has 0 spiro atoms. The van der Waals surface area contributed by atoms with E-state index in [1.807, 2.05) is 4.68 Å². The number of hydrogen-bond acceptors (Lipinski definition) is 6. The highest BCUT2D eigenvalue weighted by Crippen LogP contribution is 2.17. The molecule has 0 unspecified atom stereocenters. The van der Waals surface area contributed by atoms with E-state index in [4.69, 9.17) is 9.47 Å². The topological polar surface area (TPSA) is 81.4 Å². The molecule has 0 radical (unpaired) electrons. The summed E-state index contributed by atoms with van der Waals surface area (Å²) in [5, 5.41) is 18.1. The van der Waals surface area contributed by atoms with E-state index >= 15 is 0 Å². The molecule has 0 amide bonds. The van der Waals surface area contributed by atoms with Crippen molar-refractivity contribution in [2.24, 2.45) is 0 Å². The number of ether oxygens (including phenoxy) is 2. The van der Waals surface area contributed by atoms with Crippen LogP contribution in [0.2, 0.25) is 0 Å². The van der Waals surface area contributed by atoms with Crippen molar-refractivity contribution in [3.63, 3.8) is 0 Å². The monoisotopic (exact) mass is 338 g/mol. The Morgan fingerprint density at radius 2 is 2.29 bits per heavy atom. The molecule has 1 aromatic heterocycles. The van der Waals surface area contributed by atoms with Gasteiger partial charge in [0.05, 0.1) is 32.0 Å². The lowest BCUT2D eigenvalue weighted by Crippen LogP contribution is -2.42. The Labute approximate surface area is 143 Å². The minimum atomic E-state index is -0.491. The summed E-state index contributed by atoms with van der Waals surface area (Å²) in [6.07, 6.45) is 3.86. The lowest BCUT2D eigenvalue weighted by molar-refractivity contribution is -0.0171. The zero-order valence-electron chi connectivity index (χ0n) is 14.8. The Morgan fingerprint density at radius 3 is 3.04 bits per heavy atom.